The first kappa shape index (κ1) is 6.12. The summed E-state index contributed by atoms with van der Waals surface area (Å²) in [5.74, 6) is 0. The van der Waals surface area contributed by atoms with Crippen molar-refractivity contribution in [2.75, 3.05) is 7.11 Å². The number of aromatic nitrogens is 1. The summed E-state index contributed by atoms with van der Waals surface area (Å²) in [7, 11) is 1.64. The van der Waals surface area contributed by atoms with Gasteiger partial charge < -0.3 is 4.74 Å². The summed E-state index contributed by atoms with van der Waals surface area (Å²) in [6.45, 7) is 0. The second-order valence-electron chi connectivity index (χ2n) is 1.77. The minimum Gasteiger partial charge on any atom is -0.473 e. The number of hydrogen-bond donors (Lipinski definition) is 0. The van der Waals surface area contributed by atoms with Crippen LogP contribution in [-0.4, -0.2) is 12.1 Å². The number of methoxy groups -OCH3 is 1. The summed E-state index contributed by atoms with van der Waals surface area (Å²) >= 11 is 3.22. The molecule has 0 saturated carbocycles. The third-order valence-corrected chi connectivity index (χ3v) is 3.09. The number of fused-ring (bicyclic) bond motifs is 1. The first-order valence-corrected chi connectivity index (χ1v) is 4.48. The molecule has 2 rings (SSSR count). The molecule has 2 heterocycles. The summed E-state index contributed by atoms with van der Waals surface area (Å²) in [6, 6.07) is 2.06. The van der Waals surface area contributed by atoms with E-state index in [2.05, 4.69) is 11.1 Å². The minimum absolute atomic E-state index is 0.752. The number of ether oxygens (including phenoxy) is 1. The van der Waals surface area contributed by atoms with Crippen LogP contribution in [0.1, 0.15) is 0 Å². The van der Waals surface area contributed by atoms with Gasteiger partial charge in [0.2, 0.25) is 0 Å². The van der Waals surface area contributed by atoms with Crippen LogP contribution in [0.15, 0.2) is 11.4 Å². The molecule has 0 aliphatic rings. The van der Waals surface area contributed by atoms with Crippen molar-refractivity contribution in [1.82, 2.24) is 4.98 Å². The molecular formula is C6H5NOS2. The Labute approximate surface area is 66.1 Å². The molecule has 2 nitrogen and oxygen atoms in total. The van der Waals surface area contributed by atoms with Gasteiger partial charge in [-0.3, -0.25) is 0 Å². The van der Waals surface area contributed by atoms with Crippen LogP contribution in [0.3, 0.4) is 0 Å². The maximum absolute atomic E-state index is 4.97. The number of thiophene rings is 1. The molecule has 0 atom stereocenters. The molecule has 0 bridgehead atoms. The largest absolute Gasteiger partial charge is 0.473 e. The lowest BCUT2D eigenvalue weighted by Crippen LogP contribution is -1.77. The highest BCUT2D eigenvalue weighted by Gasteiger charge is 2.02. The fourth-order valence-corrected chi connectivity index (χ4v) is 2.48. The molecule has 0 spiro atoms. The maximum atomic E-state index is 4.97. The zero-order chi connectivity index (χ0) is 6.97. The molecule has 2 aromatic heterocycles. The molecule has 0 N–H and O–H groups in total. The van der Waals surface area contributed by atoms with E-state index in [0.29, 0.717) is 0 Å². The van der Waals surface area contributed by atoms with Crippen molar-refractivity contribution in [3.05, 3.63) is 11.4 Å². The van der Waals surface area contributed by atoms with Crippen LogP contribution in [-0.2, 0) is 0 Å². The van der Waals surface area contributed by atoms with E-state index in [9.17, 15) is 0 Å². The smallest absolute Gasteiger partial charge is 0.274 e. The van der Waals surface area contributed by atoms with Crippen molar-refractivity contribution in [3.63, 3.8) is 0 Å². The third-order valence-electron chi connectivity index (χ3n) is 1.17. The lowest BCUT2D eigenvalue weighted by atomic mass is 10.6. The van der Waals surface area contributed by atoms with Gasteiger partial charge >= 0.3 is 0 Å². The second-order valence-corrected chi connectivity index (χ2v) is 3.66. The van der Waals surface area contributed by atoms with Gasteiger partial charge in [0.1, 0.15) is 4.83 Å². The van der Waals surface area contributed by atoms with Crippen LogP contribution < -0.4 is 4.74 Å². The summed E-state index contributed by atoms with van der Waals surface area (Å²) in [6.07, 6.45) is 0. The lowest BCUT2D eigenvalue weighted by molar-refractivity contribution is 0.413. The molecular weight excluding hydrogens is 166 g/mol. The highest BCUT2D eigenvalue weighted by Crippen LogP contribution is 2.30. The van der Waals surface area contributed by atoms with Crippen LogP contribution in [0.2, 0.25) is 0 Å². The van der Waals surface area contributed by atoms with E-state index in [1.165, 1.54) is 4.70 Å². The van der Waals surface area contributed by atoms with Crippen molar-refractivity contribution < 1.29 is 4.74 Å². The van der Waals surface area contributed by atoms with Crippen LogP contribution in [0.4, 0.5) is 0 Å². The van der Waals surface area contributed by atoms with Crippen LogP contribution >= 0.6 is 22.7 Å². The van der Waals surface area contributed by atoms with Gasteiger partial charge in [-0.15, -0.1) is 11.3 Å². The number of thiazole rings is 1. The van der Waals surface area contributed by atoms with Gasteiger partial charge in [-0.05, 0) is 11.4 Å². The molecule has 0 unspecified atom stereocenters. The monoisotopic (exact) mass is 171 g/mol. The standard InChI is InChI=1S/C6H5NOS2/c1-8-6-7-5-4(10-6)2-3-9-5/h2-3H,1H3. The molecule has 0 radical (unpaired) electrons. The van der Waals surface area contributed by atoms with E-state index in [4.69, 9.17) is 4.74 Å². The average Bonchev–Trinajstić information content (AvgIpc) is 2.42. The van der Waals surface area contributed by atoms with Crippen molar-refractivity contribution in [2.45, 2.75) is 0 Å². The fraction of sp³-hybridized carbons (Fsp3) is 0.167. The summed E-state index contributed by atoms with van der Waals surface area (Å²) < 4.78 is 6.18. The topological polar surface area (TPSA) is 22.1 Å². The molecule has 2 aromatic rings. The zero-order valence-electron chi connectivity index (χ0n) is 5.33. The summed E-state index contributed by atoms with van der Waals surface area (Å²) in [5, 5.41) is 2.79. The van der Waals surface area contributed by atoms with E-state index >= 15 is 0 Å². The van der Waals surface area contributed by atoms with E-state index < -0.39 is 0 Å². The SMILES string of the molecule is COc1nc2sccc2s1. The second kappa shape index (κ2) is 2.21. The molecule has 52 valence electrons. The average molecular weight is 171 g/mol. The van der Waals surface area contributed by atoms with Crippen molar-refractivity contribution in [2.24, 2.45) is 0 Å². The Morgan fingerprint density at radius 2 is 2.50 bits per heavy atom. The van der Waals surface area contributed by atoms with Gasteiger partial charge in [-0.2, -0.15) is 4.98 Å². The molecule has 0 aromatic carbocycles. The maximum Gasteiger partial charge on any atom is 0.274 e. The predicted molar refractivity (Wildman–Crippen MR) is 44.0 cm³/mol. The quantitative estimate of drug-likeness (QED) is 0.657. The Kier molecular flexibility index (Phi) is 1.35. The van der Waals surface area contributed by atoms with Gasteiger partial charge in [0.05, 0.1) is 11.8 Å². The van der Waals surface area contributed by atoms with Gasteiger partial charge in [-0.1, -0.05) is 11.3 Å². The van der Waals surface area contributed by atoms with Crippen molar-refractivity contribution >= 4 is 32.2 Å². The van der Waals surface area contributed by atoms with E-state index in [0.717, 1.165) is 10.0 Å². The Hall–Kier alpha value is -0.610. The zero-order valence-corrected chi connectivity index (χ0v) is 6.96. The van der Waals surface area contributed by atoms with Crippen LogP contribution in [0, 0.1) is 0 Å². The molecule has 4 heteroatoms. The van der Waals surface area contributed by atoms with Gasteiger partial charge in [-0.25, -0.2) is 0 Å². The third kappa shape index (κ3) is 0.803. The van der Waals surface area contributed by atoms with E-state index in [1.54, 1.807) is 29.8 Å². The van der Waals surface area contributed by atoms with Crippen LogP contribution in [0.5, 0.6) is 5.19 Å². The minimum atomic E-state index is 0.752. The highest BCUT2D eigenvalue weighted by molar-refractivity contribution is 7.27. The Morgan fingerprint density at radius 1 is 1.60 bits per heavy atom. The van der Waals surface area contributed by atoms with E-state index in [1.807, 2.05) is 5.38 Å². The predicted octanol–water partition coefficient (Wildman–Crippen LogP) is 2.37. The van der Waals surface area contributed by atoms with Crippen molar-refractivity contribution in [1.29, 1.82) is 0 Å². The Balaban J connectivity index is 2.67. The van der Waals surface area contributed by atoms with Gasteiger partial charge in [0, 0.05) is 0 Å². The summed E-state index contributed by atoms with van der Waals surface area (Å²) in [5.41, 5.74) is 0. The Morgan fingerprint density at radius 3 is 3.20 bits per heavy atom. The first-order valence-electron chi connectivity index (χ1n) is 2.78. The molecule has 0 aliphatic carbocycles. The number of hydrogen-bond acceptors (Lipinski definition) is 4. The van der Waals surface area contributed by atoms with Gasteiger partial charge in [0.15, 0.2) is 0 Å². The fourth-order valence-electron chi connectivity index (χ4n) is 0.736. The lowest BCUT2D eigenvalue weighted by Gasteiger charge is -1.85. The molecule has 0 amide bonds. The number of nitrogens with zero attached hydrogens (tertiary/aromatic N) is 1. The van der Waals surface area contributed by atoms with Crippen LogP contribution in [0.25, 0.3) is 9.53 Å². The molecule has 10 heavy (non-hydrogen) atoms. The number of rotatable bonds is 1. The molecule has 0 aliphatic heterocycles. The highest BCUT2D eigenvalue weighted by atomic mass is 32.1. The molecule has 0 fully saturated rings. The molecule has 0 saturated heterocycles. The Bertz CT molecular complexity index is 309. The van der Waals surface area contributed by atoms with Crippen molar-refractivity contribution in [3.8, 4) is 5.19 Å². The first-order chi connectivity index (χ1) is 4.90. The van der Waals surface area contributed by atoms with Gasteiger partial charge in [0.25, 0.3) is 5.19 Å². The van der Waals surface area contributed by atoms with E-state index in [-0.39, 0.29) is 0 Å². The summed E-state index contributed by atoms with van der Waals surface area (Å²) in [4.78, 5) is 5.28. The normalized spacial score (nSPS) is 10.5.